The van der Waals surface area contributed by atoms with E-state index >= 15 is 0 Å². The van der Waals surface area contributed by atoms with E-state index in [4.69, 9.17) is 0 Å². The van der Waals surface area contributed by atoms with Gasteiger partial charge in [0.25, 0.3) is 0 Å². The van der Waals surface area contributed by atoms with Gasteiger partial charge in [0.1, 0.15) is 0 Å². The van der Waals surface area contributed by atoms with Crippen molar-refractivity contribution in [3.63, 3.8) is 0 Å². The zero-order chi connectivity index (χ0) is 13.7. The van der Waals surface area contributed by atoms with Crippen molar-refractivity contribution in [1.82, 2.24) is 10.2 Å². The van der Waals surface area contributed by atoms with Crippen molar-refractivity contribution in [2.45, 2.75) is 26.7 Å². The van der Waals surface area contributed by atoms with Gasteiger partial charge in [0, 0.05) is 22.6 Å². The summed E-state index contributed by atoms with van der Waals surface area (Å²) < 4.78 is 1.07. The van der Waals surface area contributed by atoms with E-state index in [9.17, 15) is 0 Å². The molecule has 1 heterocycles. The standard InChI is InChI=1S/C15H18BrN3/c1-3-8-17-9-7-11(4-2)15-13-10-12(16)5-6-14(13)18-19-15/h5-7,9-10H,3-4,8H2,1-2H3,(H,18,19)/b11-7+,17-9?. The van der Waals surface area contributed by atoms with Crippen LogP contribution in [0.2, 0.25) is 0 Å². The van der Waals surface area contributed by atoms with E-state index in [-0.39, 0.29) is 0 Å². The second-order valence-electron chi connectivity index (χ2n) is 4.36. The van der Waals surface area contributed by atoms with Crippen LogP contribution in [0, 0.1) is 0 Å². The molecule has 0 bridgehead atoms. The summed E-state index contributed by atoms with van der Waals surface area (Å²) in [6, 6.07) is 6.15. The SMILES string of the molecule is CCCN=C/C=C(\CC)c1n[nH]c2ccc(Br)cc12. The third kappa shape index (κ3) is 3.32. The molecule has 0 radical (unpaired) electrons. The molecule has 0 saturated carbocycles. The maximum absolute atomic E-state index is 4.43. The molecule has 3 nitrogen and oxygen atoms in total. The van der Waals surface area contributed by atoms with Crippen LogP contribution in [0.25, 0.3) is 16.5 Å². The second-order valence-corrected chi connectivity index (χ2v) is 5.28. The van der Waals surface area contributed by atoms with E-state index in [0.717, 1.165) is 40.5 Å². The first kappa shape index (κ1) is 14.0. The predicted octanol–water partition coefficient (Wildman–Crippen LogP) is 4.60. The van der Waals surface area contributed by atoms with Crippen molar-refractivity contribution in [2.75, 3.05) is 6.54 Å². The lowest BCUT2D eigenvalue weighted by molar-refractivity contribution is 0.937. The minimum atomic E-state index is 0.875. The van der Waals surface area contributed by atoms with E-state index in [0.29, 0.717) is 0 Å². The van der Waals surface area contributed by atoms with Gasteiger partial charge in [-0.2, -0.15) is 5.10 Å². The van der Waals surface area contributed by atoms with Gasteiger partial charge in [-0.25, -0.2) is 0 Å². The van der Waals surface area contributed by atoms with Crippen molar-refractivity contribution in [3.8, 4) is 0 Å². The Bertz CT molecular complexity index is 611. The van der Waals surface area contributed by atoms with E-state index < -0.39 is 0 Å². The predicted molar refractivity (Wildman–Crippen MR) is 85.7 cm³/mol. The van der Waals surface area contributed by atoms with Crippen molar-refractivity contribution < 1.29 is 0 Å². The Labute approximate surface area is 122 Å². The van der Waals surface area contributed by atoms with Gasteiger partial charge in [0.15, 0.2) is 0 Å². The number of benzene rings is 1. The van der Waals surface area contributed by atoms with Crippen LogP contribution in [-0.2, 0) is 0 Å². The molecule has 0 saturated heterocycles. The molecule has 19 heavy (non-hydrogen) atoms. The lowest BCUT2D eigenvalue weighted by atomic mass is 10.1. The summed E-state index contributed by atoms with van der Waals surface area (Å²) >= 11 is 3.51. The summed E-state index contributed by atoms with van der Waals surface area (Å²) in [7, 11) is 0. The molecular weight excluding hydrogens is 302 g/mol. The van der Waals surface area contributed by atoms with Gasteiger partial charge in [-0.15, -0.1) is 0 Å². The average Bonchev–Trinajstić information content (AvgIpc) is 2.82. The molecular formula is C15H18BrN3. The highest BCUT2D eigenvalue weighted by atomic mass is 79.9. The number of halogens is 1. The minimum Gasteiger partial charge on any atom is -0.293 e. The van der Waals surface area contributed by atoms with E-state index in [1.54, 1.807) is 0 Å². The molecule has 1 aromatic heterocycles. The van der Waals surface area contributed by atoms with Gasteiger partial charge < -0.3 is 0 Å². The Kier molecular flexibility index (Phi) is 4.91. The molecule has 4 heteroatoms. The molecule has 0 unspecified atom stereocenters. The molecule has 0 aliphatic rings. The molecule has 1 N–H and O–H groups in total. The van der Waals surface area contributed by atoms with Crippen LogP contribution in [0.1, 0.15) is 32.4 Å². The van der Waals surface area contributed by atoms with Crippen LogP contribution in [-0.4, -0.2) is 23.0 Å². The highest BCUT2D eigenvalue weighted by Crippen LogP contribution is 2.26. The number of hydrogen-bond donors (Lipinski definition) is 1. The topological polar surface area (TPSA) is 41.0 Å². The third-order valence-electron chi connectivity index (χ3n) is 2.94. The van der Waals surface area contributed by atoms with E-state index in [1.165, 1.54) is 5.57 Å². The van der Waals surface area contributed by atoms with Crippen molar-refractivity contribution in [1.29, 1.82) is 0 Å². The smallest absolute Gasteiger partial charge is 0.0959 e. The van der Waals surface area contributed by atoms with Crippen molar-refractivity contribution >= 4 is 38.6 Å². The average molecular weight is 320 g/mol. The van der Waals surface area contributed by atoms with Crippen molar-refractivity contribution in [3.05, 3.63) is 34.4 Å². The van der Waals surface area contributed by atoms with Crippen LogP contribution in [0.15, 0.2) is 33.7 Å². The quantitative estimate of drug-likeness (QED) is 0.804. The Balaban J connectivity index is 2.38. The molecule has 0 aliphatic carbocycles. The second kappa shape index (κ2) is 6.66. The summed E-state index contributed by atoms with van der Waals surface area (Å²) in [5, 5.41) is 8.65. The minimum absolute atomic E-state index is 0.875. The summed E-state index contributed by atoms with van der Waals surface area (Å²) in [5.74, 6) is 0. The van der Waals surface area contributed by atoms with Crippen LogP contribution in [0.5, 0.6) is 0 Å². The highest BCUT2D eigenvalue weighted by molar-refractivity contribution is 9.10. The highest BCUT2D eigenvalue weighted by Gasteiger charge is 2.09. The molecule has 0 amide bonds. The van der Waals surface area contributed by atoms with Gasteiger partial charge in [-0.3, -0.25) is 10.1 Å². The summed E-state index contributed by atoms with van der Waals surface area (Å²) in [4.78, 5) is 4.34. The Morgan fingerprint density at radius 1 is 1.42 bits per heavy atom. The maximum atomic E-state index is 4.43. The number of rotatable bonds is 5. The Morgan fingerprint density at radius 3 is 3.00 bits per heavy atom. The lowest BCUT2D eigenvalue weighted by Gasteiger charge is -2.00. The van der Waals surface area contributed by atoms with Crippen LogP contribution < -0.4 is 0 Å². The maximum Gasteiger partial charge on any atom is 0.0959 e. The van der Waals surface area contributed by atoms with Crippen LogP contribution in [0.3, 0.4) is 0 Å². The van der Waals surface area contributed by atoms with E-state index in [2.05, 4.69) is 57.1 Å². The van der Waals surface area contributed by atoms with Crippen molar-refractivity contribution in [2.24, 2.45) is 4.99 Å². The van der Waals surface area contributed by atoms with Gasteiger partial charge >= 0.3 is 0 Å². The fourth-order valence-corrected chi connectivity index (χ4v) is 2.30. The number of hydrogen-bond acceptors (Lipinski definition) is 2. The fourth-order valence-electron chi connectivity index (χ4n) is 1.94. The van der Waals surface area contributed by atoms with Gasteiger partial charge in [-0.1, -0.05) is 29.8 Å². The molecule has 0 atom stereocenters. The van der Waals surface area contributed by atoms with E-state index in [1.807, 2.05) is 18.3 Å². The molecule has 0 fully saturated rings. The third-order valence-corrected chi connectivity index (χ3v) is 3.44. The summed E-state index contributed by atoms with van der Waals surface area (Å²) in [6.07, 6.45) is 5.96. The Hall–Kier alpha value is -1.42. The van der Waals surface area contributed by atoms with Gasteiger partial charge in [0.05, 0.1) is 11.2 Å². The monoisotopic (exact) mass is 319 g/mol. The van der Waals surface area contributed by atoms with Gasteiger partial charge in [0.2, 0.25) is 0 Å². The number of fused-ring (bicyclic) bond motifs is 1. The zero-order valence-corrected chi connectivity index (χ0v) is 12.9. The molecule has 0 spiro atoms. The largest absolute Gasteiger partial charge is 0.293 e. The fraction of sp³-hybridized carbons (Fsp3) is 0.333. The molecule has 2 rings (SSSR count). The zero-order valence-electron chi connectivity index (χ0n) is 11.3. The molecule has 2 aromatic rings. The number of nitrogens with one attached hydrogen (secondary N) is 1. The Morgan fingerprint density at radius 2 is 2.26 bits per heavy atom. The number of nitrogens with zero attached hydrogens (tertiary/aromatic N) is 2. The number of allylic oxidation sites excluding steroid dienone is 2. The first-order valence-electron chi connectivity index (χ1n) is 6.59. The number of aliphatic imine (C=N–C) groups is 1. The normalized spacial score (nSPS) is 12.7. The summed E-state index contributed by atoms with van der Waals surface area (Å²) in [6.45, 7) is 5.14. The number of H-pyrrole nitrogens is 1. The molecule has 1 aromatic carbocycles. The number of aromatic nitrogens is 2. The first-order chi connectivity index (χ1) is 9.26. The lowest BCUT2D eigenvalue weighted by Crippen LogP contribution is -1.86. The first-order valence-corrected chi connectivity index (χ1v) is 7.38. The molecule has 0 aliphatic heterocycles. The summed E-state index contributed by atoms with van der Waals surface area (Å²) in [5.41, 5.74) is 3.27. The molecule has 100 valence electrons. The number of aromatic amines is 1. The van der Waals surface area contributed by atoms with Crippen LogP contribution in [0.4, 0.5) is 0 Å². The van der Waals surface area contributed by atoms with Crippen LogP contribution >= 0.6 is 15.9 Å². The van der Waals surface area contributed by atoms with Gasteiger partial charge in [-0.05, 0) is 42.7 Å².